The second kappa shape index (κ2) is 4.91. The molecule has 0 spiro atoms. The summed E-state index contributed by atoms with van der Waals surface area (Å²) in [6, 6.07) is 4.10. The van der Waals surface area contributed by atoms with Crippen molar-refractivity contribution in [1.29, 1.82) is 0 Å². The lowest BCUT2D eigenvalue weighted by Gasteiger charge is -2.32. The molecule has 0 bridgehead atoms. The van der Waals surface area contributed by atoms with Gasteiger partial charge in [0.1, 0.15) is 0 Å². The van der Waals surface area contributed by atoms with E-state index in [0.717, 1.165) is 19.6 Å². The van der Waals surface area contributed by atoms with Crippen molar-refractivity contribution in [2.24, 2.45) is 0 Å². The van der Waals surface area contributed by atoms with E-state index in [0.29, 0.717) is 30.1 Å². The highest BCUT2D eigenvalue weighted by Gasteiger charge is 2.20. The highest BCUT2D eigenvalue weighted by atomic mass is 16.4. The summed E-state index contributed by atoms with van der Waals surface area (Å²) in [5.41, 5.74) is 0. The Balaban J connectivity index is 1.70. The van der Waals surface area contributed by atoms with Crippen LogP contribution < -0.4 is 5.32 Å². The van der Waals surface area contributed by atoms with Crippen LogP contribution in [0.15, 0.2) is 27.2 Å². The summed E-state index contributed by atoms with van der Waals surface area (Å²) in [6.45, 7) is 5.88. The zero-order valence-electron chi connectivity index (χ0n) is 10.3. The Morgan fingerprint density at radius 3 is 3.22 bits per heavy atom. The number of piperazine rings is 1. The lowest BCUT2D eigenvalue weighted by atomic mass is 10.2. The third-order valence-electron chi connectivity index (χ3n) is 3.18. The summed E-state index contributed by atoms with van der Waals surface area (Å²) in [4.78, 5) is 2.33. The fourth-order valence-electron chi connectivity index (χ4n) is 2.11. The van der Waals surface area contributed by atoms with Crippen molar-refractivity contribution in [2.45, 2.75) is 19.5 Å². The molecule has 0 radical (unpaired) electrons. The average Bonchev–Trinajstić information content (AvgIpc) is 3.02. The Kier molecular flexibility index (Phi) is 3.12. The van der Waals surface area contributed by atoms with Gasteiger partial charge in [0.05, 0.1) is 12.8 Å². The van der Waals surface area contributed by atoms with Gasteiger partial charge in [-0.15, -0.1) is 10.2 Å². The minimum Gasteiger partial charge on any atom is -0.459 e. The third-order valence-corrected chi connectivity index (χ3v) is 3.18. The summed E-state index contributed by atoms with van der Waals surface area (Å²) in [6.07, 6.45) is 1.59. The molecule has 2 aromatic heterocycles. The molecule has 0 amide bonds. The molecule has 1 saturated heterocycles. The van der Waals surface area contributed by atoms with Gasteiger partial charge in [-0.25, -0.2) is 0 Å². The molecule has 1 atom stereocenters. The van der Waals surface area contributed by atoms with Gasteiger partial charge in [0.25, 0.3) is 5.89 Å². The smallest absolute Gasteiger partial charge is 0.283 e. The highest BCUT2D eigenvalue weighted by molar-refractivity contribution is 5.42. The fraction of sp³-hybridized carbons (Fsp3) is 0.500. The van der Waals surface area contributed by atoms with E-state index in [1.54, 1.807) is 12.3 Å². The molecule has 3 rings (SSSR count). The first kappa shape index (κ1) is 11.4. The first-order valence-electron chi connectivity index (χ1n) is 6.14. The van der Waals surface area contributed by atoms with E-state index >= 15 is 0 Å². The molecule has 0 unspecified atom stereocenters. The van der Waals surface area contributed by atoms with Crippen LogP contribution in [-0.2, 0) is 6.54 Å². The quantitative estimate of drug-likeness (QED) is 0.878. The SMILES string of the molecule is C[C@@H]1CNCCN1Cc1nnc(-c2ccco2)o1. The normalized spacial score (nSPS) is 21.3. The second-order valence-corrected chi connectivity index (χ2v) is 4.50. The Bertz CT molecular complexity index is 494. The topological polar surface area (TPSA) is 67.3 Å². The van der Waals surface area contributed by atoms with Gasteiger partial charge in [0, 0.05) is 25.7 Å². The summed E-state index contributed by atoms with van der Waals surface area (Å²) in [5.74, 6) is 1.69. The van der Waals surface area contributed by atoms with Crippen molar-refractivity contribution in [3.8, 4) is 11.7 Å². The molecule has 6 nitrogen and oxygen atoms in total. The lowest BCUT2D eigenvalue weighted by Crippen LogP contribution is -2.49. The van der Waals surface area contributed by atoms with Crippen LogP contribution in [0.5, 0.6) is 0 Å². The van der Waals surface area contributed by atoms with E-state index in [4.69, 9.17) is 8.83 Å². The molecule has 96 valence electrons. The van der Waals surface area contributed by atoms with E-state index in [1.807, 2.05) is 6.07 Å². The fourth-order valence-corrected chi connectivity index (χ4v) is 2.11. The monoisotopic (exact) mass is 248 g/mol. The first-order chi connectivity index (χ1) is 8.83. The molecular weight excluding hydrogens is 232 g/mol. The molecule has 3 heterocycles. The standard InChI is InChI=1S/C12H16N4O2/c1-9-7-13-4-5-16(9)8-11-14-15-12(18-11)10-3-2-6-17-10/h2-3,6,9,13H,4-5,7-8H2,1H3/t9-/m1/s1. The Labute approximate surface area is 105 Å². The van der Waals surface area contributed by atoms with E-state index < -0.39 is 0 Å². The van der Waals surface area contributed by atoms with Gasteiger partial charge >= 0.3 is 0 Å². The van der Waals surface area contributed by atoms with Gasteiger partial charge in [0.2, 0.25) is 5.89 Å². The Morgan fingerprint density at radius 1 is 1.50 bits per heavy atom. The van der Waals surface area contributed by atoms with Crippen LogP contribution in [0.1, 0.15) is 12.8 Å². The predicted octanol–water partition coefficient (Wildman–Crippen LogP) is 1.12. The van der Waals surface area contributed by atoms with Crippen molar-refractivity contribution < 1.29 is 8.83 Å². The van der Waals surface area contributed by atoms with Gasteiger partial charge in [-0.2, -0.15) is 0 Å². The van der Waals surface area contributed by atoms with Gasteiger partial charge in [-0.1, -0.05) is 0 Å². The maximum Gasteiger partial charge on any atom is 0.283 e. The van der Waals surface area contributed by atoms with E-state index in [1.165, 1.54) is 0 Å². The number of rotatable bonds is 3. The van der Waals surface area contributed by atoms with Crippen LogP contribution in [0.3, 0.4) is 0 Å². The molecular formula is C12H16N4O2. The van der Waals surface area contributed by atoms with Crippen LogP contribution in [0, 0.1) is 0 Å². The molecule has 0 saturated carbocycles. The van der Waals surface area contributed by atoms with E-state index in [9.17, 15) is 0 Å². The molecule has 2 aromatic rings. The molecule has 0 aliphatic carbocycles. The minimum atomic E-state index is 0.442. The van der Waals surface area contributed by atoms with Gasteiger partial charge in [-0.3, -0.25) is 4.90 Å². The minimum absolute atomic E-state index is 0.442. The molecule has 18 heavy (non-hydrogen) atoms. The summed E-state index contributed by atoms with van der Waals surface area (Å²) in [7, 11) is 0. The number of furan rings is 1. The predicted molar refractivity (Wildman–Crippen MR) is 64.7 cm³/mol. The number of nitrogens with zero attached hydrogens (tertiary/aromatic N) is 3. The van der Waals surface area contributed by atoms with Crippen LogP contribution >= 0.6 is 0 Å². The summed E-state index contributed by atoms with van der Waals surface area (Å²) >= 11 is 0. The van der Waals surface area contributed by atoms with Crippen LogP contribution in [0.2, 0.25) is 0 Å². The van der Waals surface area contributed by atoms with E-state index in [-0.39, 0.29) is 0 Å². The van der Waals surface area contributed by atoms with Crippen molar-refractivity contribution in [2.75, 3.05) is 19.6 Å². The largest absolute Gasteiger partial charge is 0.459 e. The molecule has 1 N–H and O–H groups in total. The number of aromatic nitrogens is 2. The van der Waals surface area contributed by atoms with Crippen molar-refractivity contribution in [3.63, 3.8) is 0 Å². The van der Waals surface area contributed by atoms with Crippen LogP contribution in [0.4, 0.5) is 0 Å². The van der Waals surface area contributed by atoms with Gasteiger partial charge in [0.15, 0.2) is 5.76 Å². The Morgan fingerprint density at radius 2 is 2.44 bits per heavy atom. The second-order valence-electron chi connectivity index (χ2n) is 4.50. The van der Waals surface area contributed by atoms with Gasteiger partial charge in [-0.05, 0) is 19.1 Å². The zero-order valence-corrected chi connectivity index (χ0v) is 10.3. The van der Waals surface area contributed by atoms with Crippen molar-refractivity contribution in [1.82, 2.24) is 20.4 Å². The summed E-state index contributed by atoms with van der Waals surface area (Å²) in [5, 5.41) is 11.4. The molecule has 6 heteroatoms. The van der Waals surface area contributed by atoms with E-state index in [2.05, 4.69) is 27.3 Å². The average molecular weight is 248 g/mol. The maximum atomic E-state index is 5.60. The van der Waals surface area contributed by atoms with Crippen LogP contribution in [0.25, 0.3) is 11.7 Å². The maximum absolute atomic E-state index is 5.60. The highest BCUT2D eigenvalue weighted by Crippen LogP contribution is 2.19. The molecule has 1 aliphatic heterocycles. The summed E-state index contributed by atoms with van der Waals surface area (Å²) < 4.78 is 10.8. The van der Waals surface area contributed by atoms with Crippen molar-refractivity contribution >= 4 is 0 Å². The first-order valence-corrected chi connectivity index (χ1v) is 6.14. The number of nitrogens with one attached hydrogen (secondary N) is 1. The number of hydrogen-bond acceptors (Lipinski definition) is 6. The molecule has 0 aromatic carbocycles. The lowest BCUT2D eigenvalue weighted by molar-refractivity contribution is 0.151. The van der Waals surface area contributed by atoms with Crippen molar-refractivity contribution in [3.05, 3.63) is 24.3 Å². The third kappa shape index (κ3) is 2.30. The molecule has 1 aliphatic rings. The Hall–Kier alpha value is -1.66. The van der Waals surface area contributed by atoms with Crippen LogP contribution in [-0.4, -0.2) is 40.8 Å². The zero-order chi connectivity index (χ0) is 12.4. The number of hydrogen-bond donors (Lipinski definition) is 1. The molecule has 1 fully saturated rings. The van der Waals surface area contributed by atoms with Gasteiger partial charge < -0.3 is 14.2 Å².